The van der Waals surface area contributed by atoms with E-state index < -0.39 is 0 Å². The molecule has 0 unspecified atom stereocenters. The van der Waals surface area contributed by atoms with Gasteiger partial charge in [0.1, 0.15) is 12.4 Å². The van der Waals surface area contributed by atoms with Crippen molar-refractivity contribution < 1.29 is 4.74 Å². The fraction of sp³-hybridized carbons (Fsp3) is 0.400. The first-order valence-corrected chi connectivity index (χ1v) is 8.42. The molecule has 0 N–H and O–H groups in total. The lowest BCUT2D eigenvalue weighted by molar-refractivity contribution is 0.214. The van der Waals surface area contributed by atoms with Crippen LogP contribution >= 0.6 is 0 Å². The number of nitrogens with zero attached hydrogens (tertiary/aromatic N) is 1. The highest BCUT2D eigenvalue weighted by molar-refractivity contribution is 5.63. The minimum atomic E-state index is 0.782. The molecule has 1 saturated heterocycles. The molecule has 1 aliphatic heterocycles. The van der Waals surface area contributed by atoms with Crippen molar-refractivity contribution in [2.75, 3.05) is 26.2 Å². The zero-order chi connectivity index (χ0) is 15.0. The van der Waals surface area contributed by atoms with Gasteiger partial charge >= 0.3 is 0 Å². The van der Waals surface area contributed by atoms with Crippen molar-refractivity contribution in [2.45, 2.75) is 25.7 Å². The Kier molecular flexibility index (Phi) is 5.49. The van der Waals surface area contributed by atoms with Crippen LogP contribution in [0.2, 0.25) is 0 Å². The van der Waals surface area contributed by atoms with Crippen LogP contribution < -0.4 is 4.74 Å². The second-order valence-corrected chi connectivity index (χ2v) is 5.99. The van der Waals surface area contributed by atoms with Gasteiger partial charge in [0.05, 0.1) is 0 Å². The van der Waals surface area contributed by atoms with Crippen LogP contribution in [0.5, 0.6) is 5.75 Å². The Morgan fingerprint density at radius 2 is 1.36 bits per heavy atom. The molecule has 0 saturated carbocycles. The van der Waals surface area contributed by atoms with E-state index in [0.29, 0.717) is 0 Å². The number of hydrogen-bond donors (Lipinski definition) is 0. The minimum Gasteiger partial charge on any atom is -0.492 e. The van der Waals surface area contributed by atoms with Crippen LogP contribution in [-0.4, -0.2) is 31.1 Å². The average Bonchev–Trinajstić information content (AvgIpc) is 2.85. The molecule has 2 heteroatoms. The summed E-state index contributed by atoms with van der Waals surface area (Å²) in [6.45, 7) is 4.29. The summed E-state index contributed by atoms with van der Waals surface area (Å²) >= 11 is 0. The lowest BCUT2D eigenvalue weighted by Gasteiger charge is -2.19. The molecule has 0 bridgehead atoms. The monoisotopic (exact) mass is 295 g/mol. The molecule has 0 amide bonds. The van der Waals surface area contributed by atoms with Crippen molar-refractivity contribution in [3.8, 4) is 16.9 Å². The van der Waals surface area contributed by atoms with Crippen molar-refractivity contribution in [1.29, 1.82) is 0 Å². The number of ether oxygens (including phenoxy) is 1. The van der Waals surface area contributed by atoms with E-state index in [4.69, 9.17) is 4.74 Å². The number of rotatable bonds is 5. The summed E-state index contributed by atoms with van der Waals surface area (Å²) in [5.41, 5.74) is 2.49. The van der Waals surface area contributed by atoms with Gasteiger partial charge in [0.25, 0.3) is 0 Å². The molecule has 0 radical (unpaired) electrons. The zero-order valence-corrected chi connectivity index (χ0v) is 13.2. The molecule has 1 fully saturated rings. The summed E-state index contributed by atoms with van der Waals surface area (Å²) in [6, 6.07) is 18.9. The molecule has 2 nitrogen and oxygen atoms in total. The lowest BCUT2D eigenvalue weighted by atomic mass is 10.1. The molecule has 0 spiro atoms. The summed E-state index contributed by atoms with van der Waals surface area (Å²) in [4.78, 5) is 2.53. The van der Waals surface area contributed by atoms with Gasteiger partial charge in [-0.15, -0.1) is 0 Å². The van der Waals surface area contributed by atoms with Gasteiger partial charge in [0.15, 0.2) is 0 Å². The van der Waals surface area contributed by atoms with Gasteiger partial charge in [0.2, 0.25) is 0 Å². The minimum absolute atomic E-state index is 0.782. The Morgan fingerprint density at radius 1 is 0.727 bits per heavy atom. The first-order chi connectivity index (χ1) is 10.9. The van der Waals surface area contributed by atoms with Crippen molar-refractivity contribution in [2.24, 2.45) is 0 Å². The second-order valence-electron chi connectivity index (χ2n) is 5.99. The molecule has 2 aromatic carbocycles. The number of likely N-dealkylation sites (tertiary alicyclic amines) is 1. The Hall–Kier alpha value is -1.80. The highest BCUT2D eigenvalue weighted by Gasteiger charge is 2.08. The van der Waals surface area contributed by atoms with E-state index in [1.807, 2.05) is 6.07 Å². The molecule has 22 heavy (non-hydrogen) atoms. The van der Waals surface area contributed by atoms with Gasteiger partial charge in [-0.1, -0.05) is 55.3 Å². The summed E-state index contributed by atoms with van der Waals surface area (Å²) in [7, 11) is 0. The van der Waals surface area contributed by atoms with Crippen molar-refractivity contribution >= 4 is 0 Å². The van der Waals surface area contributed by atoms with Crippen LogP contribution in [0.3, 0.4) is 0 Å². The first kappa shape index (κ1) is 15.1. The van der Waals surface area contributed by atoms with Crippen LogP contribution in [0.15, 0.2) is 54.6 Å². The summed E-state index contributed by atoms with van der Waals surface area (Å²) in [5.74, 6) is 0.967. The Balaban J connectivity index is 1.49. The molecule has 2 aromatic rings. The average molecular weight is 295 g/mol. The summed E-state index contributed by atoms with van der Waals surface area (Å²) < 4.78 is 5.90. The van der Waals surface area contributed by atoms with Gasteiger partial charge < -0.3 is 4.74 Å². The third kappa shape index (κ3) is 4.35. The smallest absolute Gasteiger partial charge is 0.119 e. The standard InChI is InChI=1S/C20H25NO/c1-2-7-15-21(14-6-1)16-17-22-20-12-10-19(11-13-20)18-8-4-3-5-9-18/h3-5,8-13H,1-2,6-7,14-17H2. The summed E-state index contributed by atoms with van der Waals surface area (Å²) in [6.07, 6.45) is 5.45. The molecule has 0 aliphatic carbocycles. The van der Waals surface area contributed by atoms with E-state index in [0.717, 1.165) is 18.9 Å². The highest BCUT2D eigenvalue weighted by Crippen LogP contribution is 2.22. The molecule has 0 atom stereocenters. The molecular formula is C20H25NO. The maximum absolute atomic E-state index is 5.90. The van der Waals surface area contributed by atoms with Crippen molar-refractivity contribution in [1.82, 2.24) is 4.90 Å². The van der Waals surface area contributed by atoms with E-state index in [1.54, 1.807) is 0 Å². The molecule has 3 rings (SSSR count). The van der Waals surface area contributed by atoms with Crippen LogP contribution in [0.25, 0.3) is 11.1 Å². The maximum atomic E-state index is 5.90. The van der Waals surface area contributed by atoms with E-state index >= 15 is 0 Å². The largest absolute Gasteiger partial charge is 0.492 e. The fourth-order valence-electron chi connectivity index (χ4n) is 3.03. The predicted molar refractivity (Wildman–Crippen MR) is 92.3 cm³/mol. The van der Waals surface area contributed by atoms with E-state index in [-0.39, 0.29) is 0 Å². The molecular weight excluding hydrogens is 270 g/mol. The SMILES string of the molecule is c1ccc(-c2ccc(OCCN3CCCCCC3)cc2)cc1. The van der Waals surface area contributed by atoms with Crippen molar-refractivity contribution in [3.63, 3.8) is 0 Å². The topological polar surface area (TPSA) is 12.5 Å². The predicted octanol–water partition coefficient (Wildman–Crippen LogP) is 4.61. The van der Waals surface area contributed by atoms with Gasteiger partial charge in [-0.3, -0.25) is 4.90 Å². The molecule has 116 valence electrons. The lowest BCUT2D eigenvalue weighted by Crippen LogP contribution is -2.29. The Bertz CT molecular complexity index is 542. The van der Waals surface area contributed by atoms with Crippen LogP contribution in [-0.2, 0) is 0 Å². The van der Waals surface area contributed by atoms with Gasteiger partial charge in [-0.25, -0.2) is 0 Å². The fourth-order valence-corrected chi connectivity index (χ4v) is 3.03. The van der Waals surface area contributed by atoms with Gasteiger partial charge in [0, 0.05) is 6.54 Å². The van der Waals surface area contributed by atoms with Crippen LogP contribution in [0, 0.1) is 0 Å². The Morgan fingerprint density at radius 3 is 2.05 bits per heavy atom. The quantitative estimate of drug-likeness (QED) is 0.799. The van der Waals surface area contributed by atoms with Gasteiger partial charge in [-0.05, 0) is 49.2 Å². The normalized spacial score (nSPS) is 16.2. The highest BCUT2D eigenvalue weighted by atomic mass is 16.5. The maximum Gasteiger partial charge on any atom is 0.119 e. The molecule has 1 heterocycles. The molecule has 0 aromatic heterocycles. The Labute approximate surface area is 133 Å². The van der Waals surface area contributed by atoms with E-state index in [2.05, 4.69) is 53.4 Å². The number of benzene rings is 2. The van der Waals surface area contributed by atoms with E-state index in [9.17, 15) is 0 Å². The van der Waals surface area contributed by atoms with Crippen LogP contribution in [0.1, 0.15) is 25.7 Å². The van der Waals surface area contributed by atoms with E-state index in [1.165, 1.54) is 49.9 Å². The van der Waals surface area contributed by atoms with Crippen LogP contribution in [0.4, 0.5) is 0 Å². The first-order valence-electron chi connectivity index (χ1n) is 8.42. The zero-order valence-electron chi connectivity index (χ0n) is 13.2. The number of hydrogen-bond acceptors (Lipinski definition) is 2. The van der Waals surface area contributed by atoms with Crippen molar-refractivity contribution in [3.05, 3.63) is 54.6 Å². The second kappa shape index (κ2) is 8.00. The van der Waals surface area contributed by atoms with Gasteiger partial charge in [-0.2, -0.15) is 0 Å². The molecule has 1 aliphatic rings. The third-order valence-corrected chi connectivity index (χ3v) is 4.34. The third-order valence-electron chi connectivity index (χ3n) is 4.34. The summed E-state index contributed by atoms with van der Waals surface area (Å²) in [5, 5.41) is 0.